The summed E-state index contributed by atoms with van der Waals surface area (Å²) in [6.45, 7) is 8.82. The molecule has 0 atom stereocenters. The zero-order valence-electron chi connectivity index (χ0n) is 12.6. The second kappa shape index (κ2) is 9.22. The minimum atomic E-state index is 0.0500. The summed E-state index contributed by atoms with van der Waals surface area (Å²) in [5.41, 5.74) is 1.05. The van der Waals surface area contributed by atoms with E-state index in [4.69, 9.17) is 14.7 Å². The molecule has 0 aliphatic heterocycles. The molecule has 0 aliphatic rings. The Bertz CT molecular complexity index is 439. The smallest absolute Gasteiger partial charge is 0.174 e. The summed E-state index contributed by atoms with van der Waals surface area (Å²) in [6.07, 6.45) is 0.964. The first kappa shape index (κ1) is 16.3. The summed E-state index contributed by atoms with van der Waals surface area (Å²) in [5, 5.41) is 12.0. The molecular formula is C16H24N2O2. The summed E-state index contributed by atoms with van der Waals surface area (Å²) in [5.74, 6) is 2.11. The van der Waals surface area contributed by atoms with E-state index in [1.54, 1.807) is 0 Å². The van der Waals surface area contributed by atoms with Gasteiger partial charge in [-0.3, -0.25) is 0 Å². The van der Waals surface area contributed by atoms with Gasteiger partial charge in [-0.15, -0.1) is 0 Å². The number of ether oxygens (including phenoxy) is 2. The average molecular weight is 276 g/mol. The molecule has 0 amide bonds. The zero-order valence-corrected chi connectivity index (χ0v) is 12.6. The third-order valence-corrected chi connectivity index (χ3v) is 2.67. The molecule has 0 aromatic heterocycles. The molecule has 1 aromatic carbocycles. The average Bonchev–Trinajstić information content (AvgIpc) is 2.44. The SMILES string of the molecule is CCCOc1ccc(CNCC(C)C)c(OCC#N)c1. The van der Waals surface area contributed by atoms with Crippen LogP contribution in [0, 0.1) is 17.2 Å². The molecule has 1 N–H and O–H groups in total. The van der Waals surface area contributed by atoms with Crippen molar-refractivity contribution in [1.82, 2.24) is 5.32 Å². The van der Waals surface area contributed by atoms with E-state index in [0.29, 0.717) is 12.5 Å². The predicted octanol–water partition coefficient (Wildman–Crippen LogP) is 3.12. The predicted molar refractivity (Wildman–Crippen MR) is 79.9 cm³/mol. The molecule has 0 bridgehead atoms. The van der Waals surface area contributed by atoms with E-state index >= 15 is 0 Å². The van der Waals surface area contributed by atoms with E-state index in [1.165, 1.54) is 0 Å². The molecule has 0 heterocycles. The Hall–Kier alpha value is -1.73. The van der Waals surface area contributed by atoms with Crippen molar-refractivity contribution in [2.45, 2.75) is 33.7 Å². The monoisotopic (exact) mass is 276 g/mol. The van der Waals surface area contributed by atoms with Crippen LogP contribution in [0.2, 0.25) is 0 Å². The van der Waals surface area contributed by atoms with Crippen LogP contribution in [0.5, 0.6) is 11.5 Å². The first-order valence-corrected chi connectivity index (χ1v) is 7.13. The minimum Gasteiger partial charge on any atom is -0.493 e. The van der Waals surface area contributed by atoms with Crippen LogP contribution in [-0.4, -0.2) is 19.8 Å². The van der Waals surface area contributed by atoms with Crippen molar-refractivity contribution in [2.75, 3.05) is 19.8 Å². The van der Waals surface area contributed by atoms with Gasteiger partial charge in [0.2, 0.25) is 0 Å². The molecule has 0 spiro atoms. The fourth-order valence-corrected chi connectivity index (χ4v) is 1.73. The van der Waals surface area contributed by atoms with Crippen molar-refractivity contribution in [2.24, 2.45) is 5.92 Å². The summed E-state index contributed by atoms with van der Waals surface area (Å²) < 4.78 is 11.1. The van der Waals surface area contributed by atoms with Gasteiger partial charge in [-0.1, -0.05) is 26.8 Å². The maximum atomic E-state index is 8.66. The fourth-order valence-electron chi connectivity index (χ4n) is 1.73. The van der Waals surface area contributed by atoms with E-state index < -0.39 is 0 Å². The van der Waals surface area contributed by atoms with Gasteiger partial charge in [-0.05, 0) is 24.9 Å². The van der Waals surface area contributed by atoms with Gasteiger partial charge >= 0.3 is 0 Å². The molecule has 1 rings (SSSR count). The van der Waals surface area contributed by atoms with Crippen molar-refractivity contribution in [3.8, 4) is 17.6 Å². The van der Waals surface area contributed by atoms with Gasteiger partial charge in [0.15, 0.2) is 6.61 Å². The van der Waals surface area contributed by atoms with Gasteiger partial charge in [0.25, 0.3) is 0 Å². The highest BCUT2D eigenvalue weighted by Gasteiger charge is 2.06. The normalized spacial score (nSPS) is 10.3. The molecule has 4 nitrogen and oxygen atoms in total. The van der Waals surface area contributed by atoms with E-state index in [9.17, 15) is 0 Å². The number of rotatable bonds is 9. The van der Waals surface area contributed by atoms with Gasteiger partial charge in [0, 0.05) is 18.2 Å². The Balaban J connectivity index is 2.72. The lowest BCUT2D eigenvalue weighted by atomic mass is 10.1. The van der Waals surface area contributed by atoms with Crippen LogP contribution in [0.1, 0.15) is 32.8 Å². The number of hydrogen-bond acceptors (Lipinski definition) is 4. The lowest BCUT2D eigenvalue weighted by molar-refractivity contribution is 0.311. The summed E-state index contributed by atoms with van der Waals surface area (Å²) >= 11 is 0. The largest absolute Gasteiger partial charge is 0.493 e. The van der Waals surface area contributed by atoms with Gasteiger partial charge in [0.05, 0.1) is 6.61 Å². The van der Waals surface area contributed by atoms with Crippen molar-refractivity contribution in [1.29, 1.82) is 5.26 Å². The lowest BCUT2D eigenvalue weighted by Crippen LogP contribution is -2.19. The first-order chi connectivity index (χ1) is 9.67. The van der Waals surface area contributed by atoms with Crippen molar-refractivity contribution in [3.05, 3.63) is 23.8 Å². The minimum absolute atomic E-state index is 0.0500. The van der Waals surface area contributed by atoms with Crippen molar-refractivity contribution in [3.63, 3.8) is 0 Å². The first-order valence-electron chi connectivity index (χ1n) is 7.13. The quantitative estimate of drug-likeness (QED) is 0.753. The molecular weight excluding hydrogens is 252 g/mol. The standard InChI is InChI=1S/C16H24N2O2/c1-4-8-19-15-6-5-14(12-18-11-13(2)3)16(10-15)20-9-7-17/h5-6,10,13,18H,4,8-9,11-12H2,1-3H3. The summed E-state index contributed by atoms with van der Waals surface area (Å²) in [4.78, 5) is 0. The van der Waals surface area contributed by atoms with E-state index in [1.807, 2.05) is 24.3 Å². The molecule has 0 fully saturated rings. The van der Waals surface area contributed by atoms with Crippen molar-refractivity contribution < 1.29 is 9.47 Å². The molecule has 110 valence electrons. The van der Waals surface area contributed by atoms with Crippen LogP contribution in [0.3, 0.4) is 0 Å². The molecule has 0 saturated carbocycles. The molecule has 4 heteroatoms. The van der Waals surface area contributed by atoms with Crippen LogP contribution in [0.15, 0.2) is 18.2 Å². The van der Waals surface area contributed by atoms with E-state index in [-0.39, 0.29) is 6.61 Å². The maximum Gasteiger partial charge on any atom is 0.174 e. The van der Waals surface area contributed by atoms with Crippen molar-refractivity contribution >= 4 is 0 Å². The summed E-state index contributed by atoms with van der Waals surface area (Å²) in [7, 11) is 0. The molecule has 20 heavy (non-hydrogen) atoms. The van der Waals surface area contributed by atoms with Gasteiger partial charge in [0.1, 0.15) is 17.6 Å². The number of nitrogens with one attached hydrogen (secondary N) is 1. The number of nitrogens with zero attached hydrogens (tertiary/aromatic N) is 1. The summed E-state index contributed by atoms with van der Waals surface area (Å²) in [6, 6.07) is 7.79. The second-order valence-corrected chi connectivity index (χ2v) is 5.09. The molecule has 0 saturated heterocycles. The Morgan fingerprint density at radius 2 is 2.10 bits per heavy atom. The van der Waals surface area contributed by atoms with Crippen LogP contribution >= 0.6 is 0 Å². The Labute approximate surface area is 121 Å². The van der Waals surface area contributed by atoms with Crippen LogP contribution < -0.4 is 14.8 Å². The van der Waals surface area contributed by atoms with Gasteiger partial charge in [-0.2, -0.15) is 5.26 Å². The highest BCUT2D eigenvalue weighted by atomic mass is 16.5. The zero-order chi connectivity index (χ0) is 14.8. The van der Waals surface area contributed by atoms with Crippen LogP contribution in [0.25, 0.3) is 0 Å². The third kappa shape index (κ3) is 5.94. The molecule has 0 aliphatic carbocycles. The highest BCUT2D eigenvalue weighted by Crippen LogP contribution is 2.25. The Kier molecular flexibility index (Phi) is 7.52. The van der Waals surface area contributed by atoms with E-state index in [2.05, 4.69) is 26.1 Å². The highest BCUT2D eigenvalue weighted by molar-refractivity contribution is 5.41. The van der Waals surface area contributed by atoms with E-state index in [0.717, 1.165) is 36.6 Å². The fraction of sp³-hybridized carbons (Fsp3) is 0.562. The number of nitriles is 1. The van der Waals surface area contributed by atoms with Crippen LogP contribution in [-0.2, 0) is 6.54 Å². The van der Waals surface area contributed by atoms with Crippen LogP contribution in [0.4, 0.5) is 0 Å². The Morgan fingerprint density at radius 3 is 2.75 bits per heavy atom. The molecule has 0 radical (unpaired) electrons. The Morgan fingerprint density at radius 1 is 1.30 bits per heavy atom. The maximum absolute atomic E-state index is 8.66. The number of benzene rings is 1. The molecule has 1 aromatic rings. The third-order valence-electron chi connectivity index (χ3n) is 2.67. The van der Waals surface area contributed by atoms with Gasteiger partial charge in [-0.25, -0.2) is 0 Å². The second-order valence-electron chi connectivity index (χ2n) is 5.09. The number of hydrogen-bond donors (Lipinski definition) is 1. The molecule has 0 unspecified atom stereocenters. The van der Waals surface area contributed by atoms with Gasteiger partial charge < -0.3 is 14.8 Å². The lowest BCUT2D eigenvalue weighted by Gasteiger charge is -2.13. The topological polar surface area (TPSA) is 54.3 Å².